The van der Waals surface area contributed by atoms with Crippen molar-refractivity contribution in [3.05, 3.63) is 47.7 Å². The van der Waals surface area contributed by atoms with E-state index in [0.29, 0.717) is 11.8 Å². The average Bonchev–Trinajstić information content (AvgIpc) is 2.52. The molecule has 1 aromatic carbocycles. The fourth-order valence-corrected chi connectivity index (χ4v) is 2.25. The molecule has 2 rings (SSSR count). The molecule has 8 heteroatoms. The van der Waals surface area contributed by atoms with Crippen molar-refractivity contribution in [1.82, 2.24) is 4.90 Å². The highest BCUT2D eigenvalue weighted by molar-refractivity contribution is 5.70. The Bertz CT molecular complexity index is 628. The highest BCUT2D eigenvalue weighted by atomic mass is 19.4. The van der Waals surface area contributed by atoms with Crippen LogP contribution in [0.3, 0.4) is 0 Å². The van der Waals surface area contributed by atoms with Crippen molar-refractivity contribution in [1.29, 1.82) is 0 Å². The average molecular weight is 343 g/mol. The van der Waals surface area contributed by atoms with Crippen LogP contribution in [-0.2, 0) is 20.9 Å². The number of rotatable bonds is 3. The van der Waals surface area contributed by atoms with Crippen molar-refractivity contribution >= 4 is 12.1 Å². The Hall–Kier alpha value is -2.51. The van der Waals surface area contributed by atoms with Gasteiger partial charge in [-0.2, -0.15) is 13.2 Å². The number of alkyl halides is 3. The molecular formula is C16H16F3NO4. The second kappa shape index (κ2) is 7.37. The second-order valence-corrected chi connectivity index (χ2v) is 5.28. The summed E-state index contributed by atoms with van der Waals surface area (Å²) in [5, 5.41) is 0. The number of carbonyl (C=O) groups is 2. The number of amides is 1. The van der Waals surface area contributed by atoms with Gasteiger partial charge in [0.25, 0.3) is 0 Å². The van der Waals surface area contributed by atoms with E-state index in [-0.39, 0.29) is 13.2 Å². The van der Waals surface area contributed by atoms with Gasteiger partial charge in [0.2, 0.25) is 0 Å². The first-order valence-electron chi connectivity index (χ1n) is 7.18. The van der Waals surface area contributed by atoms with E-state index in [4.69, 9.17) is 9.47 Å². The Labute approximate surface area is 136 Å². The van der Waals surface area contributed by atoms with Gasteiger partial charge >= 0.3 is 18.2 Å². The number of halogens is 3. The van der Waals surface area contributed by atoms with Crippen LogP contribution in [0.2, 0.25) is 0 Å². The summed E-state index contributed by atoms with van der Waals surface area (Å²) < 4.78 is 48.7. The minimum Gasteiger partial charge on any atom is -0.460 e. The number of benzene rings is 1. The fourth-order valence-electron chi connectivity index (χ4n) is 2.25. The van der Waals surface area contributed by atoms with E-state index >= 15 is 0 Å². The number of ether oxygens (including phenoxy) is 2. The summed E-state index contributed by atoms with van der Waals surface area (Å²) in [4.78, 5) is 23.8. The molecule has 0 fully saturated rings. The molecule has 0 spiro atoms. The minimum atomic E-state index is -4.61. The Kier molecular flexibility index (Phi) is 5.48. The van der Waals surface area contributed by atoms with E-state index in [1.54, 1.807) is 30.3 Å². The molecule has 0 aromatic heterocycles. The van der Waals surface area contributed by atoms with Crippen LogP contribution in [-0.4, -0.2) is 35.8 Å². The maximum absolute atomic E-state index is 13.0. The van der Waals surface area contributed by atoms with Gasteiger partial charge in [-0.3, -0.25) is 9.69 Å². The van der Waals surface area contributed by atoms with E-state index < -0.39 is 36.3 Å². The Balaban J connectivity index is 2.07. The lowest BCUT2D eigenvalue weighted by atomic mass is 10.0. The van der Waals surface area contributed by atoms with E-state index in [9.17, 15) is 22.8 Å². The van der Waals surface area contributed by atoms with Gasteiger partial charge in [-0.05, 0) is 5.56 Å². The third-order valence-corrected chi connectivity index (χ3v) is 3.30. The smallest absolute Gasteiger partial charge is 0.414 e. The Morgan fingerprint density at radius 1 is 1.25 bits per heavy atom. The predicted molar refractivity (Wildman–Crippen MR) is 77.6 cm³/mol. The summed E-state index contributed by atoms with van der Waals surface area (Å²) >= 11 is 0. The van der Waals surface area contributed by atoms with Gasteiger partial charge in [0, 0.05) is 19.5 Å². The first-order chi connectivity index (χ1) is 11.3. The standard InChI is InChI=1S/C16H16F3NO4/c1-11(21)24-14-7-13(16(17,18)19)8-20(9-14)15(22)23-10-12-5-3-2-4-6-12/h2-6,8,14H,7,9-10H2,1H3. The zero-order chi connectivity index (χ0) is 17.7. The lowest BCUT2D eigenvalue weighted by Crippen LogP contribution is -2.41. The summed E-state index contributed by atoms with van der Waals surface area (Å²) in [5.74, 6) is -0.707. The van der Waals surface area contributed by atoms with Crippen LogP contribution in [0.4, 0.5) is 18.0 Å². The molecule has 130 valence electrons. The molecule has 1 aromatic rings. The number of esters is 1. The molecule has 1 atom stereocenters. The number of hydrogen-bond donors (Lipinski definition) is 0. The molecule has 1 aliphatic rings. The number of nitrogens with zero attached hydrogens (tertiary/aromatic N) is 1. The summed E-state index contributed by atoms with van der Waals surface area (Å²) in [6, 6.07) is 8.74. The van der Waals surface area contributed by atoms with Crippen LogP contribution >= 0.6 is 0 Å². The van der Waals surface area contributed by atoms with Gasteiger partial charge in [0.15, 0.2) is 0 Å². The van der Waals surface area contributed by atoms with Crippen LogP contribution in [0.25, 0.3) is 0 Å². The van der Waals surface area contributed by atoms with Crippen LogP contribution in [0.1, 0.15) is 18.9 Å². The molecular weight excluding hydrogens is 327 g/mol. The first-order valence-corrected chi connectivity index (χ1v) is 7.18. The summed E-state index contributed by atoms with van der Waals surface area (Å²) in [6.07, 6.45) is -6.40. The predicted octanol–water partition coefficient (Wildman–Crippen LogP) is 3.41. The summed E-state index contributed by atoms with van der Waals surface area (Å²) in [6.45, 7) is 0.847. The van der Waals surface area contributed by atoms with Crippen LogP contribution in [0.5, 0.6) is 0 Å². The molecule has 0 aliphatic carbocycles. The number of hydrogen-bond acceptors (Lipinski definition) is 4. The van der Waals surface area contributed by atoms with Crippen LogP contribution in [0.15, 0.2) is 42.1 Å². The van der Waals surface area contributed by atoms with Crippen molar-refractivity contribution in [2.45, 2.75) is 32.2 Å². The number of carbonyl (C=O) groups excluding carboxylic acids is 2. The van der Waals surface area contributed by atoms with Gasteiger partial charge < -0.3 is 9.47 Å². The summed E-state index contributed by atoms with van der Waals surface area (Å²) in [7, 11) is 0. The SMILES string of the molecule is CC(=O)OC1CC(C(F)(F)F)=CN(C(=O)OCc2ccccc2)C1. The van der Waals surface area contributed by atoms with Gasteiger partial charge in [-0.25, -0.2) is 4.79 Å². The Morgan fingerprint density at radius 2 is 1.92 bits per heavy atom. The van der Waals surface area contributed by atoms with Crippen molar-refractivity contribution in [3.8, 4) is 0 Å². The molecule has 0 bridgehead atoms. The largest absolute Gasteiger partial charge is 0.460 e. The van der Waals surface area contributed by atoms with Crippen molar-refractivity contribution in [2.75, 3.05) is 6.54 Å². The maximum atomic E-state index is 13.0. The molecule has 5 nitrogen and oxygen atoms in total. The molecule has 0 saturated heterocycles. The van der Waals surface area contributed by atoms with Crippen molar-refractivity contribution in [3.63, 3.8) is 0 Å². The Morgan fingerprint density at radius 3 is 2.50 bits per heavy atom. The van der Waals surface area contributed by atoms with E-state index in [0.717, 1.165) is 11.8 Å². The minimum absolute atomic E-state index is 0.0659. The van der Waals surface area contributed by atoms with Crippen molar-refractivity contribution in [2.24, 2.45) is 0 Å². The maximum Gasteiger partial charge on any atom is 0.414 e. The third-order valence-electron chi connectivity index (χ3n) is 3.30. The molecule has 1 amide bonds. The topological polar surface area (TPSA) is 55.8 Å². The monoisotopic (exact) mass is 343 g/mol. The highest BCUT2D eigenvalue weighted by Crippen LogP contribution is 2.33. The molecule has 1 unspecified atom stereocenters. The van der Waals surface area contributed by atoms with Crippen LogP contribution < -0.4 is 0 Å². The van der Waals surface area contributed by atoms with Gasteiger partial charge in [-0.15, -0.1) is 0 Å². The second-order valence-electron chi connectivity index (χ2n) is 5.28. The fraction of sp³-hybridized carbons (Fsp3) is 0.375. The normalized spacial score (nSPS) is 17.9. The molecule has 0 saturated carbocycles. The highest BCUT2D eigenvalue weighted by Gasteiger charge is 2.40. The van der Waals surface area contributed by atoms with Crippen LogP contribution in [0, 0.1) is 0 Å². The van der Waals surface area contributed by atoms with E-state index in [1.165, 1.54) is 0 Å². The lowest BCUT2D eigenvalue weighted by Gasteiger charge is -2.30. The van der Waals surface area contributed by atoms with E-state index in [1.807, 2.05) is 0 Å². The van der Waals surface area contributed by atoms with E-state index in [2.05, 4.69) is 0 Å². The van der Waals surface area contributed by atoms with Gasteiger partial charge in [-0.1, -0.05) is 30.3 Å². The quantitative estimate of drug-likeness (QED) is 0.790. The zero-order valence-electron chi connectivity index (χ0n) is 12.9. The first kappa shape index (κ1) is 17.8. The molecule has 0 N–H and O–H groups in total. The van der Waals surface area contributed by atoms with Crippen molar-refractivity contribution < 1.29 is 32.2 Å². The molecule has 24 heavy (non-hydrogen) atoms. The van der Waals surface area contributed by atoms with Gasteiger partial charge in [0.05, 0.1) is 12.1 Å². The summed E-state index contributed by atoms with van der Waals surface area (Å²) in [5.41, 5.74) is -0.240. The molecule has 1 aliphatic heterocycles. The molecule has 1 heterocycles. The lowest BCUT2D eigenvalue weighted by molar-refractivity contribution is -0.149. The van der Waals surface area contributed by atoms with Gasteiger partial charge in [0.1, 0.15) is 12.7 Å². The third kappa shape index (κ3) is 5.00. The zero-order valence-corrected chi connectivity index (χ0v) is 12.9. The molecule has 0 radical (unpaired) electrons.